The fourth-order valence-electron chi connectivity index (χ4n) is 3.34. The number of nitrogens with zero attached hydrogens (tertiary/aromatic N) is 1. The normalized spacial score (nSPS) is 12.8. The number of nitrogens with one attached hydrogen (secondary N) is 3. The standard InChI is InChI=1S/C22H20N4O3/c27-20(24-17-10-5-7-15-6-1-2-8-16(15)17)12-13-23-22(29)26-14-21(28)25-18-9-3-4-11-19(18)26/h1-11H,12-14H2,(H,23,29)(H,24,27)(H,25,28). The van der Waals surface area contributed by atoms with Crippen molar-refractivity contribution in [3.8, 4) is 0 Å². The van der Waals surface area contributed by atoms with Crippen LogP contribution in [0.3, 0.4) is 0 Å². The first-order valence-corrected chi connectivity index (χ1v) is 9.34. The minimum atomic E-state index is -0.412. The number of hydrogen-bond donors (Lipinski definition) is 3. The quantitative estimate of drug-likeness (QED) is 0.640. The highest BCUT2D eigenvalue weighted by Crippen LogP contribution is 2.28. The number of fused-ring (bicyclic) bond motifs is 2. The zero-order valence-corrected chi connectivity index (χ0v) is 15.6. The van der Waals surface area contributed by atoms with Crippen molar-refractivity contribution in [1.29, 1.82) is 0 Å². The van der Waals surface area contributed by atoms with Crippen LogP contribution in [0.4, 0.5) is 21.9 Å². The lowest BCUT2D eigenvalue weighted by Gasteiger charge is -2.29. The molecule has 0 fully saturated rings. The summed E-state index contributed by atoms with van der Waals surface area (Å²) in [5, 5.41) is 10.3. The molecule has 29 heavy (non-hydrogen) atoms. The van der Waals surface area contributed by atoms with Crippen LogP contribution in [-0.2, 0) is 9.59 Å². The number of amides is 4. The monoisotopic (exact) mass is 388 g/mol. The molecule has 7 heteroatoms. The Morgan fingerprint density at radius 3 is 2.62 bits per heavy atom. The average Bonchev–Trinajstić information content (AvgIpc) is 2.73. The van der Waals surface area contributed by atoms with E-state index in [0.29, 0.717) is 11.4 Å². The largest absolute Gasteiger partial charge is 0.337 e. The van der Waals surface area contributed by atoms with Crippen molar-refractivity contribution in [2.75, 3.05) is 28.6 Å². The van der Waals surface area contributed by atoms with Gasteiger partial charge in [0.05, 0.1) is 11.4 Å². The van der Waals surface area contributed by atoms with E-state index in [4.69, 9.17) is 0 Å². The number of anilines is 3. The van der Waals surface area contributed by atoms with Crippen molar-refractivity contribution in [3.63, 3.8) is 0 Å². The van der Waals surface area contributed by atoms with Crippen molar-refractivity contribution in [3.05, 3.63) is 66.7 Å². The Labute approximate surface area is 167 Å². The Morgan fingerprint density at radius 1 is 0.966 bits per heavy atom. The molecule has 0 saturated heterocycles. The highest BCUT2D eigenvalue weighted by atomic mass is 16.2. The van der Waals surface area contributed by atoms with Crippen molar-refractivity contribution in [2.45, 2.75) is 6.42 Å². The van der Waals surface area contributed by atoms with Gasteiger partial charge in [-0.05, 0) is 23.6 Å². The van der Waals surface area contributed by atoms with E-state index in [2.05, 4.69) is 16.0 Å². The molecule has 1 aliphatic heterocycles. The van der Waals surface area contributed by atoms with Crippen molar-refractivity contribution >= 4 is 45.7 Å². The van der Waals surface area contributed by atoms with Crippen LogP contribution >= 0.6 is 0 Å². The van der Waals surface area contributed by atoms with Crippen LogP contribution in [0.25, 0.3) is 10.8 Å². The lowest BCUT2D eigenvalue weighted by molar-refractivity contribution is -0.116. The van der Waals surface area contributed by atoms with E-state index in [-0.39, 0.29) is 31.3 Å². The van der Waals surface area contributed by atoms with Crippen molar-refractivity contribution in [2.24, 2.45) is 0 Å². The smallest absolute Gasteiger partial charge is 0.322 e. The summed E-state index contributed by atoms with van der Waals surface area (Å²) in [6.45, 7) is 0.0980. The summed E-state index contributed by atoms with van der Waals surface area (Å²) in [6.07, 6.45) is 0.122. The molecule has 0 radical (unpaired) electrons. The molecule has 1 aliphatic rings. The van der Waals surface area contributed by atoms with Crippen LogP contribution in [0, 0.1) is 0 Å². The first-order chi connectivity index (χ1) is 14.1. The van der Waals surface area contributed by atoms with E-state index in [0.717, 1.165) is 16.5 Å². The topological polar surface area (TPSA) is 90.5 Å². The van der Waals surface area contributed by atoms with Gasteiger partial charge in [0.1, 0.15) is 6.54 Å². The molecule has 0 aliphatic carbocycles. The lowest BCUT2D eigenvalue weighted by atomic mass is 10.1. The highest BCUT2D eigenvalue weighted by molar-refractivity contribution is 6.09. The fourth-order valence-corrected chi connectivity index (χ4v) is 3.34. The minimum absolute atomic E-state index is 0.0644. The Hall–Kier alpha value is -3.87. The average molecular weight is 388 g/mol. The lowest BCUT2D eigenvalue weighted by Crippen LogP contribution is -2.47. The predicted octanol–water partition coefficient (Wildman–Crippen LogP) is 3.34. The third kappa shape index (κ3) is 4.03. The summed E-state index contributed by atoms with van der Waals surface area (Å²) in [5.41, 5.74) is 1.96. The fraction of sp³-hybridized carbons (Fsp3) is 0.136. The first kappa shape index (κ1) is 18.5. The van der Waals surface area contributed by atoms with Crippen LogP contribution in [0.5, 0.6) is 0 Å². The van der Waals surface area contributed by atoms with E-state index in [1.54, 1.807) is 24.3 Å². The molecule has 0 aromatic heterocycles. The number of rotatable bonds is 4. The number of hydrogen-bond acceptors (Lipinski definition) is 3. The third-order valence-corrected chi connectivity index (χ3v) is 4.71. The van der Waals surface area contributed by atoms with E-state index in [1.807, 2.05) is 42.5 Å². The minimum Gasteiger partial charge on any atom is -0.337 e. The Bertz CT molecular complexity index is 1090. The number of urea groups is 1. The van der Waals surface area contributed by atoms with E-state index < -0.39 is 6.03 Å². The summed E-state index contributed by atoms with van der Waals surface area (Å²) in [5.74, 6) is -0.453. The van der Waals surface area contributed by atoms with Gasteiger partial charge in [0.15, 0.2) is 0 Å². The van der Waals surface area contributed by atoms with Gasteiger partial charge in [0.25, 0.3) is 0 Å². The Balaban J connectivity index is 1.35. The molecule has 0 atom stereocenters. The van der Waals surface area contributed by atoms with Crippen LogP contribution in [-0.4, -0.2) is 30.9 Å². The van der Waals surface area contributed by atoms with Gasteiger partial charge >= 0.3 is 6.03 Å². The highest BCUT2D eigenvalue weighted by Gasteiger charge is 2.26. The van der Waals surface area contributed by atoms with Gasteiger partial charge in [-0.1, -0.05) is 48.5 Å². The van der Waals surface area contributed by atoms with Crippen LogP contribution < -0.4 is 20.9 Å². The van der Waals surface area contributed by atoms with Gasteiger partial charge < -0.3 is 16.0 Å². The molecule has 4 rings (SSSR count). The number of carbonyl (C=O) groups excluding carboxylic acids is 3. The van der Waals surface area contributed by atoms with E-state index in [9.17, 15) is 14.4 Å². The van der Waals surface area contributed by atoms with Gasteiger partial charge in [0, 0.05) is 24.0 Å². The van der Waals surface area contributed by atoms with Crippen LogP contribution in [0.1, 0.15) is 6.42 Å². The van der Waals surface area contributed by atoms with Gasteiger partial charge in [-0.15, -0.1) is 0 Å². The summed E-state index contributed by atoms with van der Waals surface area (Å²) in [4.78, 5) is 38.1. The number of carbonyl (C=O) groups is 3. The SMILES string of the molecule is O=C1CN(C(=O)NCCC(=O)Nc2cccc3ccccc23)c2ccccc2N1. The molecule has 3 N–H and O–H groups in total. The predicted molar refractivity (Wildman–Crippen MR) is 113 cm³/mol. The summed E-state index contributed by atoms with van der Waals surface area (Å²) >= 11 is 0. The second kappa shape index (κ2) is 8.02. The van der Waals surface area contributed by atoms with E-state index >= 15 is 0 Å². The zero-order chi connectivity index (χ0) is 20.2. The summed E-state index contributed by atoms with van der Waals surface area (Å²) < 4.78 is 0. The maximum atomic E-state index is 12.5. The van der Waals surface area contributed by atoms with Crippen molar-refractivity contribution in [1.82, 2.24) is 5.32 Å². The van der Waals surface area contributed by atoms with E-state index in [1.165, 1.54) is 4.90 Å². The Kier molecular flexibility index (Phi) is 5.11. The van der Waals surface area contributed by atoms with Gasteiger partial charge in [-0.2, -0.15) is 0 Å². The third-order valence-electron chi connectivity index (χ3n) is 4.71. The molecule has 4 amide bonds. The molecule has 7 nitrogen and oxygen atoms in total. The summed E-state index contributed by atoms with van der Waals surface area (Å²) in [6, 6.07) is 20.2. The first-order valence-electron chi connectivity index (χ1n) is 9.34. The molecule has 0 saturated carbocycles. The molecule has 146 valence electrons. The molecular formula is C22H20N4O3. The van der Waals surface area contributed by atoms with Crippen molar-refractivity contribution < 1.29 is 14.4 Å². The molecule has 1 heterocycles. The summed E-state index contributed by atoms with van der Waals surface area (Å²) in [7, 11) is 0. The van der Waals surface area contributed by atoms with Crippen LogP contribution in [0.2, 0.25) is 0 Å². The molecule has 0 unspecified atom stereocenters. The molecule has 3 aromatic rings. The maximum absolute atomic E-state index is 12.5. The van der Waals surface area contributed by atoms with Crippen LogP contribution in [0.15, 0.2) is 66.7 Å². The van der Waals surface area contributed by atoms with Gasteiger partial charge in [0.2, 0.25) is 11.8 Å². The maximum Gasteiger partial charge on any atom is 0.322 e. The van der Waals surface area contributed by atoms with Gasteiger partial charge in [-0.3, -0.25) is 14.5 Å². The zero-order valence-electron chi connectivity index (χ0n) is 15.6. The molecule has 0 bridgehead atoms. The number of para-hydroxylation sites is 2. The Morgan fingerprint density at radius 2 is 1.72 bits per heavy atom. The molecule has 0 spiro atoms. The molecular weight excluding hydrogens is 368 g/mol. The number of benzene rings is 3. The molecule has 3 aromatic carbocycles. The second-order valence-corrected chi connectivity index (χ2v) is 6.71. The second-order valence-electron chi connectivity index (χ2n) is 6.71. The van der Waals surface area contributed by atoms with Gasteiger partial charge in [-0.25, -0.2) is 4.79 Å².